The summed E-state index contributed by atoms with van der Waals surface area (Å²) in [5, 5.41) is 9.93. The van der Waals surface area contributed by atoms with E-state index >= 15 is 0 Å². The van der Waals surface area contributed by atoms with Crippen LogP contribution in [0.5, 0.6) is 5.06 Å². The summed E-state index contributed by atoms with van der Waals surface area (Å²) in [7, 11) is 0. The molecule has 126 valence electrons. The van der Waals surface area contributed by atoms with Gasteiger partial charge in [0, 0.05) is 23.5 Å². The molecule has 2 heterocycles. The van der Waals surface area contributed by atoms with E-state index in [1.165, 1.54) is 17.4 Å². The Balaban J connectivity index is 1.68. The Bertz CT molecular complexity index is 791. The molecule has 1 saturated carbocycles. The maximum absolute atomic E-state index is 14.3. The number of aromatic hydroxyl groups is 1. The average molecular weight is 349 g/mol. The van der Waals surface area contributed by atoms with Crippen molar-refractivity contribution in [2.45, 2.75) is 31.6 Å². The van der Waals surface area contributed by atoms with Crippen molar-refractivity contribution in [3.8, 4) is 5.06 Å². The lowest BCUT2D eigenvalue weighted by Gasteiger charge is -2.34. The second kappa shape index (κ2) is 5.93. The molecule has 1 fully saturated rings. The van der Waals surface area contributed by atoms with Gasteiger partial charge in [-0.15, -0.1) is 11.3 Å². The van der Waals surface area contributed by atoms with Gasteiger partial charge in [-0.3, -0.25) is 9.69 Å². The second-order valence-electron chi connectivity index (χ2n) is 6.44. The smallest absolute Gasteiger partial charge is 0.171 e. The zero-order chi connectivity index (χ0) is 16.8. The fourth-order valence-corrected chi connectivity index (χ4v) is 4.35. The maximum Gasteiger partial charge on any atom is 0.171 e. The molecule has 0 spiro atoms. The molecule has 2 aromatic rings. The lowest BCUT2D eigenvalue weighted by molar-refractivity contribution is -0.126. The Morgan fingerprint density at radius 3 is 2.83 bits per heavy atom. The first-order valence-electron chi connectivity index (χ1n) is 8.01. The lowest BCUT2D eigenvalue weighted by atomic mass is 9.95. The Kier molecular flexibility index (Phi) is 3.89. The molecule has 1 aromatic heterocycles. The number of nitrogens with zero attached hydrogens (tertiary/aromatic N) is 1. The maximum atomic E-state index is 14.3. The largest absolute Gasteiger partial charge is 0.499 e. The fraction of sp³-hybridized carbons (Fsp3) is 0.389. The third-order valence-electron chi connectivity index (χ3n) is 4.80. The van der Waals surface area contributed by atoms with Gasteiger partial charge in [0.25, 0.3) is 0 Å². The predicted molar refractivity (Wildman–Crippen MR) is 87.2 cm³/mol. The molecule has 1 N–H and O–H groups in total. The lowest BCUT2D eigenvalue weighted by Crippen LogP contribution is -2.39. The van der Waals surface area contributed by atoms with Crippen LogP contribution in [0.1, 0.15) is 28.5 Å². The minimum atomic E-state index is -1.10. The van der Waals surface area contributed by atoms with Gasteiger partial charge in [0.15, 0.2) is 10.8 Å². The second-order valence-corrected chi connectivity index (χ2v) is 7.55. The predicted octanol–water partition coefficient (Wildman–Crippen LogP) is 3.62. The highest BCUT2D eigenvalue weighted by molar-refractivity contribution is 7.13. The molecule has 1 aliphatic carbocycles. The minimum absolute atomic E-state index is 0.238. The molecule has 1 aromatic carbocycles. The van der Waals surface area contributed by atoms with E-state index in [2.05, 4.69) is 0 Å². The number of hydrogen-bond acceptors (Lipinski definition) is 4. The number of rotatable bonds is 4. The number of carbonyl (C=O) groups is 1. The molecule has 3 nitrogen and oxygen atoms in total. The van der Waals surface area contributed by atoms with Crippen LogP contribution in [0, 0.1) is 11.7 Å². The van der Waals surface area contributed by atoms with Gasteiger partial charge in [0.1, 0.15) is 12.0 Å². The van der Waals surface area contributed by atoms with Gasteiger partial charge in [0.2, 0.25) is 0 Å². The summed E-state index contributed by atoms with van der Waals surface area (Å²) >= 11 is 1.34. The van der Waals surface area contributed by atoms with E-state index in [0.29, 0.717) is 25.1 Å². The minimum Gasteiger partial charge on any atom is -0.499 e. The Hall–Kier alpha value is -1.79. The molecule has 2 aliphatic rings. The summed E-state index contributed by atoms with van der Waals surface area (Å²) in [5.74, 6) is -1.30. The van der Waals surface area contributed by atoms with Crippen LogP contribution in [-0.2, 0) is 17.8 Å². The number of fused-ring (bicyclic) bond motifs is 1. The third kappa shape index (κ3) is 2.74. The van der Waals surface area contributed by atoms with Crippen molar-refractivity contribution in [3.05, 3.63) is 52.2 Å². The van der Waals surface area contributed by atoms with Crippen molar-refractivity contribution in [2.75, 3.05) is 6.54 Å². The van der Waals surface area contributed by atoms with E-state index in [9.17, 15) is 18.7 Å². The highest BCUT2D eigenvalue weighted by atomic mass is 32.1. The number of carbonyl (C=O) groups excluding carboxylic acids is 1. The Morgan fingerprint density at radius 1 is 1.38 bits per heavy atom. The van der Waals surface area contributed by atoms with Gasteiger partial charge in [-0.25, -0.2) is 8.78 Å². The summed E-state index contributed by atoms with van der Waals surface area (Å²) < 4.78 is 27.8. The van der Waals surface area contributed by atoms with Crippen LogP contribution < -0.4 is 0 Å². The fourth-order valence-electron chi connectivity index (χ4n) is 3.45. The van der Waals surface area contributed by atoms with Crippen LogP contribution in [0.4, 0.5) is 8.78 Å². The van der Waals surface area contributed by atoms with Crippen LogP contribution in [-0.4, -0.2) is 28.5 Å². The highest BCUT2D eigenvalue weighted by Crippen LogP contribution is 2.42. The van der Waals surface area contributed by atoms with Crippen LogP contribution >= 0.6 is 11.3 Å². The quantitative estimate of drug-likeness (QED) is 0.917. The molecule has 6 heteroatoms. The monoisotopic (exact) mass is 349 g/mol. The molecular formula is C18H17F2NO2S. The first-order chi connectivity index (χ1) is 11.5. The van der Waals surface area contributed by atoms with Crippen molar-refractivity contribution >= 4 is 17.1 Å². The molecule has 3 atom stereocenters. The number of thiophene rings is 1. The van der Waals surface area contributed by atoms with Gasteiger partial charge in [-0.1, -0.05) is 18.2 Å². The third-order valence-corrected chi connectivity index (χ3v) is 5.84. The zero-order valence-corrected chi connectivity index (χ0v) is 13.7. The first-order valence-corrected chi connectivity index (χ1v) is 8.83. The molecular weight excluding hydrogens is 332 g/mol. The molecule has 3 unspecified atom stereocenters. The number of benzene rings is 1. The molecule has 1 aliphatic heterocycles. The highest BCUT2D eigenvalue weighted by Gasteiger charge is 2.48. The standard InChI is InChI=1S/C18H17F2NO2S/c19-13-4-2-1-3-11(13)17(18(23)12-8-14(12)20)21-6-5-15-10(9-21)7-16(22)24-15/h1-4,7,12,14,17,22H,5-6,8-9H2. The van der Waals surface area contributed by atoms with Crippen molar-refractivity contribution in [1.82, 2.24) is 4.90 Å². The van der Waals surface area contributed by atoms with E-state index in [0.717, 1.165) is 10.4 Å². The van der Waals surface area contributed by atoms with E-state index in [1.54, 1.807) is 24.3 Å². The summed E-state index contributed by atoms with van der Waals surface area (Å²) in [6, 6.07) is 7.15. The van der Waals surface area contributed by atoms with E-state index in [1.807, 2.05) is 4.90 Å². The number of hydrogen-bond donors (Lipinski definition) is 1. The molecule has 24 heavy (non-hydrogen) atoms. The molecule has 0 amide bonds. The van der Waals surface area contributed by atoms with Crippen molar-refractivity contribution < 1.29 is 18.7 Å². The number of halogens is 2. The van der Waals surface area contributed by atoms with Crippen LogP contribution in [0.25, 0.3) is 0 Å². The van der Waals surface area contributed by atoms with Crippen LogP contribution in [0.2, 0.25) is 0 Å². The van der Waals surface area contributed by atoms with Gasteiger partial charge in [-0.2, -0.15) is 0 Å². The number of alkyl halides is 1. The topological polar surface area (TPSA) is 40.5 Å². The van der Waals surface area contributed by atoms with E-state index < -0.39 is 23.9 Å². The van der Waals surface area contributed by atoms with Gasteiger partial charge >= 0.3 is 0 Å². The van der Waals surface area contributed by atoms with Crippen LogP contribution in [0.15, 0.2) is 30.3 Å². The Morgan fingerprint density at radius 2 is 2.12 bits per heavy atom. The van der Waals surface area contributed by atoms with Gasteiger partial charge in [-0.05, 0) is 30.5 Å². The average Bonchev–Trinajstić information content (AvgIpc) is 3.16. The van der Waals surface area contributed by atoms with Gasteiger partial charge < -0.3 is 5.11 Å². The SMILES string of the molecule is O=C(C1CC1F)C(c1ccccc1F)N1CCc2sc(O)cc2C1. The summed E-state index contributed by atoms with van der Waals surface area (Å²) in [6.45, 7) is 1.04. The van der Waals surface area contributed by atoms with Gasteiger partial charge in [0.05, 0.1) is 12.0 Å². The first kappa shape index (κ1) is 15.7. The summed E-state index contributed by atoms with van der Waals surface area (Å²) in [4.78, 5) is 15.8. The normalized spacial score (nSPS) is 24.4. The summed E-state index contributed by atoms with van der Waals surface area (Å²) in [5.41, 5.74) is 1.27. The Labute approximate surface area is 142 Å². The summed E-state index contributed by atoms with van der Waals surface area (Å²) in [6.07, 6.45) is -0.165. The van der Waals surface area contributed by atoms with Crippen molar-refractivity contribution in [2.24, 2.45) is 5.92 Å². The van der Waals surface area contributed by atoms with E-state index in [-0.39, 0.29) is 17.3 Å². The number of ketones is 1. The molecule has 0 radical (unpaired) electrons. The molecule has 0 bridgehead atoms. The number of Topliss-reactive ketones (excluding diaryl/α,β-unsaturated/α-hetero) is 1. The zero-order valence-electron chi connectivity index (χ0n) is 12.9. The van der Waals surface area contributed by atoms with E-state index in [4.69, 9.17) is 0 Å². The van der Waals surface area contributed by atoms with Crippen molar-refractivity contribution in [1.29, 1.82) is 0 Å². The van der Waals surface area contributed by atoms with Crippen LogP contribution in [0.3, 0.4) is 0 Å². The van der Waals surface area contributed by atoms with Crippen molar-refractivity contribution in [3.63, 3.8) is 0 Å². The molecule has 4 rings (SSSR count). The molecule has 0 saturated heterocycles.